The van der Waals surface area contributed by atoms with Gasteiger partial charge in [-0.25, -0.2) is 4.39 Å². The first-order valence-electron chi connectivity index (χ1n) is 4.31. The van der Waals surface area contributed by atoms with Crippen LogP contribution in [-0.2, 0) is 11.4 Å². The van der Waals surface area contributed by atoms with Crippen molar-refractivity contribution in [1.29, 1.82) is 5.26 Å². The van der Waals surface area contributed by atoms with Crippen molar-refractivity contribution in [3.05, 3.63) is 35.1 Å². The SMILES string of the molecule is CCONCc1ccc(F)c(C#N)c1. The zero-order valence-corrected chi connectivity index (χ0v) is 7.88. The predicted octanol–water partition coefficient (Wildman–Crippen LogP) is 1.74. The van der Waals surface area contributed by atoms with Crippen molar-refractivity contribution in [2.45, 2.75) is 13.5 Å². The Labute approximate surface area is 82.1 Å². The number of hydrogen-bond acceptors (Lipinski definition) is 3. The second-order valence-electron chi connectivity index (χ2n) is 2.68. The predicted molar refractivity (Wildman–Crippen MR) is 49.6 cm³/mol. The van der Waals surface area contributed by atoms with Crippen molar-refractivity contribution in [2.24, 2.45) is 0 Å². The molecule has 1 rings (SSSR count). The minimum atomic E-state index is -0.493. The second-order valence-corrected chi connectivity index (χ2v) is 2.68. The fourth-order valence-corrected chi connectivity index (χ4v) is 1.00. The fraction of sp³-hybridized carbons (Fsp3) is 0.300. The summed E-state index contributed by atoms with van der Waals surface area (Å²) in [7, 11) is 0. The Morgan fingerprint density at radius 2 is 2.36 bits per heavy atom. The molecule has 1 aromatic rings. The van der Waals surface area contributed by atoms with Gasteiger partial charge < -0.3 is 4.84 Å². The highest BCUT2D eigenvalue weighted by Crippen LogP contribution is 2.09. The molecule has 0 spiro atoms. The van der Waals surface area contributed by atoms with Gasteiger partial charge in [-0.1, -0.05) is 6.07 Å². The molecule has 0 fully saturated rings. The highest BCUT2D eigenvalue weighted by atomic mass is 19.1. The van der Waals surface area contributed by atoms with Crippen molar-refractivity contribution in [2.75, 3.05) is 6.61 Å². The summed E-state index contributed by atoms with van der Waals surface area (Å²) in [6.45, 7) is 2.88. The molecule has 0 heterocycles. The van der Waals surface area contributed by atoms with Crippen molar-refractivity contribution in [3.8, 4) is 6.07 Å². The average molecular weight is 194 g/mol. The van der Waals surface area contributed by atoms with Gasteiger partial charge in [-0.15, -0.1) is 0 Å². The molecular formula is C10H11FN2O. The summed E-state index contributed by atoms with van der Waals surface area (Å²) < 4.78 is 12.9. The lowest BCUT2D eigenvalue weighted by Gasteiger charge is -2.04. The van der Waals surface area contributed by atoms with E-state index in [1.165, 1.54) is 12.1 Å². The van der Waals surface area contributed by atoms with Crippen LogP contribution >= 0.6 is 0 Å². The van der Waals surface area contributed by atoms with E-state index in [0.29, 0.717) is 13.2 Å². The van der Waals surface area contributed by atoms with Gasteiger partial charge in [0.2, 0.25) is 0 Å². The molecule has 0 aromatic heterocycles. The van der Waals surface area contributed by atoms with E-state index in [2.05, 4.69) is 5.48 Å². The normalized spacial score (nSPS) is 9.79. The van der Waals surface area contributed by atoms with Crippen LogP contribution in [0, 0.1) is 17.1 Å². The Kier molecular flexibility index (Phi) is 4.05. The maximum Gasteiger partial charge on any atom is 0.140 e. The summed E-state index contributed by atoms with van der Waals surface area (Å²) in [4.78, 5) is 4.91. The van der Waals surface area contributed by atoms with E-state index < -0.39 is 5.82 Å². The number of hydrogen-bond donors (Lipinski definition) is 1. The van der Waals surface area contributed by atoms with Crippen LogP contribution in [0.2, 0.25) is 0 Å². The molecule has 0 unspecified atom stereocenters. The van der Waals surface area contributed by atoms with Crippen LogP contribution < -0.4 is 5.48 Å². The molecule has 0 saturated carbocycles. The van der Waals surface area contributed by atoms with E-state index in [0.717, 1.165) is 5.56 Å². The third-order valence-corrected chi connectivity index (χ3v) is 1.67. The number of rotatable bonds is 4. The zero-order chi connectivity index (χ0) is 10.4. The molecule has 0 bridgehead atoms. The fourth-order valence-electron chi connectivity index (χ4n) is 1.00. The van der Waals surface area contributed by atoms with Gasteiger partial charge in [0.15, 0.2) is 0 Å². The quantitative estimate of drug-likeness (QED) is 0.586. The summed E-state index contributed by atoms with van der Waals surface area (Å²) in [5.41, 5.74) is 3.56. The van der Waals surface area contributed by atoms with E-state index in [9.17, 15) is 4.39 Å². The summed E-state index contributed by atoms with van der Waals surface area (Å²) in [5.74, 6) is -0.493. The maximum absolute atomic E-state index is 12.9. The van der Waals surface area contributed by atoms with Gasteiger partial charge in [0.05, 0.1) is 12.2 Å². The molecule has 0 saturated heterocycles. The van der Waals surface area contributed by atoms with Crippen molar-refractivity contribution in [3.63, 3.8) is 0 Å². The number of nitrogens with zero attached hydrogens (tertiary/aromatic N) is 1. The van der Waals surface area contributed by atoms with Crippen LogP contribution in [-0.4, -0.2) is 6.61 Å². The lowest BCUT2D eigenvalue weighted by Crippen LogP contribution is -2.13. The van der Waals surface area contributed by atoms with E-state index in [1.54, 1.807) is 12.1 Å². The van der Waals surface area contributed by atoms with Crippen LogP contribution in [0.15, 0.2) is 18.2 Å². The van der Waals surface area contributed by atoms with E-state index in [4.69, 9.17) is 10.1 Å². The van der Waals surface area contributed by atoms with Crippen molar-refractivity contribution >= 4 is 0 Å². The molecule has 4 heteroatoms. The Bertz CT molecular complexity index is 346. The standard InChI is InChI=1S/C10H11FN2O/c1-2-14-13-7-8-3-4-10(11)9(5-8)6-12/h3-5,13H,2,7H2,1H3. The first-order chi connectivity index (χ1) is 6.77. The molecule has 74 valence electrons. The molecule has 1 aromatic carbocycles. The van der Waals surface area contributed by atoms with Gasteiger partial charge in [0.1, 0.15) is 11.9 Å². The Morgan fingerprint density at radius 3 is 3.00 bits per heavy atom. The number of halogens is 1. The van der Waals surface area contributed by atoms with Gasteiger partial charge in [-0.3, -0.25) is 0 Å². The molecule has 0 aliphatic carbocycles. The average Bonchev–Trinajstić information content (AvgIpc) is 2.21. The maximum atomic E-state index is 12.9. The molecule has 0 radical (unpaired) electrons. The van der Waals surface area contributed by atoms with Crippen LogP contribution in [0.25, 0.3) is 0 Å². The Morgan fingerprint density at radius 1 is 1.57 bits per heavy atom. The molecular weight excluding hydrogens is 183 g/mol. The highest BCUT2D eigenvalue weighted by Gasteiger charge is 2.01. The third kappa shape index (κ3) is 2.80. The van der Waals surface area contributed by atoms with Gasteiger partial charge in [0.25, 0.3) is 0 Å². The Balaban J connectivity index is 2.66. The monoisotopic (exact) mass is 194 g/mol. The van der Waals surface area contributed by atoms with Crippen LogP contribution in [0.4, 0.5) is 4.39 Å². The number of nitrogens with one attached hydrogen (secondary N) is 1. The molecule has 0 atom stereocenters. The van der Waals surface area contributed by atoms with E-state index >= 15 is 0 Å². The minimum absolute atomic E-state index is 0.0563. The van der Waals surface area contributed by atoms with Gasteiger partial charge in [0, 0.05) is 6.54 Å². The summed E-state index contributed by atoms with van der Waals surface area (Å²) in [6.07, 6.45) is 0. The Hall–Kier alpha value is -1.44. The number of benzene rings is 1. The molecule has 1 N–H and O–H groups in total. The van der Waals surface area contributed by atoms with Gasteiger partial charge in [-0.05, 0) is 24.6 Å². The molecule has 0 amide bonds. The first kappa shape index (κ1) is 10.6. The number of hydroxylamine groups is 1. The molecule has 0 aliphatic heterocycles. The van der Waals surface area contributed by atoms with E-state index in [-0.39, 0.29) is 5.56 Å². The number of nitriles is 1. The molecule has 14 heavy (non-hydrogen) atoms. The molecule has 3 nitrogen and oxygen atoms in total. The zero-order valence-electron chi connectivity index (χ0n) is 7.88. The van der Waals surface area contributed by atoms with Crippen LogP contribution in [0.3, 0.4) is 0 Å². The smallest absolute Gasteiger partial charge is 0.140 e. The topological polar surface area (TPSA) is 45.0 Å². The second kappa shape index (κ2) is 5.32. The van der Waals surface area contributed by atoms with Crippen molar-refractivity contribution in [1.82, 2.24) is 5.48 Å². The first-order valence-corrected chi connectivity index (χ1v) is 4.31. The lowest BCUT2D eigenvalue weighted by atomic mass is 10.1. The summed E-state index contributed by atoms with van der Waals surface area (Å²) in [6, 6.07) is 6.18. The highest BCUT2D eigenvalue weighted by molar-refractivity contribution is 5.34. The van der Waals surface area contributed by atoms with Crippen LogP contribution in [0.5, 0.6) is 0 Å². The largest absolute Gasteiger partial charge is 0.302 e. The molecule has 0 aliphatic rings. The van der Waals surface area contributed by atoms with Gasteiger partial charge in [-0.2, -0.15) is 10.7 Å². The summed E-state index contributed by atoms with van der Waals surface area (Å²) in [5, 5.41) is 8.57. The van der Waals surface area contributed by atoms with Crippen molar-refractivity contribution < 1.29 is 9.23 Å². The van der Waals surface area contributed by atoms with Gasteiger partial charge >= 0.3 is 0 Å². The summed E-state index contributed by atoms with van der Waals surface area (Å²) >= 11 is 0. The van der Waals surface area contributed by atoms with Crippen LogP contribution in [0.1, 0.15) is 18.1 Å². The third-order valence-electron chi connectivity index (χ3n) is 1.67. The minimum Gasteiger partial charge on any atom is -0.302 e. The lowest BCUT2D eigenvalue weighted by molar-refractivity contribution is 0.0463. The van der Waals surface area contributed by atoms with E-state index in [1.807, 2.05) is 6.92 Å².